The van der Waals surface area contributed by atoms with Gasteiger partial charge in [0.25, 0.3) is 5.91 Å². The van der Waals surface area contributed by atoms with Crippen molar-refractivity contribution in [1.82, 2.24) is 9.88 Å². The number of carbonyl (C=O) groups excluding carboxylic acids is 4. The summed E-state index contributed by atoms with van der Waals surface area (Å²) in [5, 5.41) is 0. The molecule has 9 nitrogen and oxygen atoms in total. The number of ether oxygens (including phenoxy) is 3. The molecule has 29 heavy (non-hydrogen) atoms. The summed E-state index contributed by atoms with van der Waals surface area (Å²) in [4.78, 5) is 53.2. The number of hydrogen-bond acceptors (Lipinski definition) is 7. The first-order chi connectivity index (χ1) is 13.7. The van der Waals surface area contributed by atoms with Gasteiger partial charge in [0.05, 0.1) is 25.2 Å². The smallest absolute Gasteiger partial charge is 0.355 e. The van der Waals surface area contributed by atoms with Crippen molar-refractivity contribution in [3.8, 4) is 0 Å². The van der Waals surface area contributed by atoms with Crippen LogP contribution in [0.25, 0.3) is 0 Å². The Morgan fingerprint density at radius 3 is 2.31 bits per heavy atom. The van der Waals surface area contributed by atoms with E-state index < -0.39 is 18.0 Å². The fraction of sp³-hybridized carbons (Fsp3) is 0.600. The van der Waals surface area contributed by atoms with Crippen LogP contribution in [-0.4, -0.2) is 66.6 Å². The quantitative estimate of drug-likeness (QED) is 0.563. The topological polar surface area (TPSA) is 115 Å². The minimum Gasteiger partial charge on any atom is -0.466 e. The number of aromatic amines is 1. The molecule has 1 aromatic rings. The third kappa shape index (κ3) is 4.96. The first kappa shape index (κ1) is 22.4. The highest BCUT2D eigenvalue weighted by molar-refractivity contribution is 5.99. The van der Waals surface area contributed by atoms with Gasteiger partial charge in [0.15, 0.2) is 6.10 Å². The van der Waals surface area contributed by atoms with E-state index in [1.54, 1.807) is 25.7 Å². The molecule has 1 atom stereocenters. The molecule has 1 unspecified atom stereocenters. The summed E-state index contributed by atoms with van der Waals surface area (Å²) in [5.41, 5.74) is 1.29. The number of rotatable bonds is 6. The van der Waals surface area contributed by atoms with Crippen LogP contribution in [0.3, 0.4) is 0 Å². The van der Waals surface area contributed by atoms with E-state index in [9.17, 15) is 19.2 Å². The molecule has 1 fully saturated rings. The summed E-state index contributed by atoms with van der Waals surface area (Å²) in [6.45, 7) is 7.66. The third-order valence-corrected chi connectivity index (χ3v) is 5.09. The van der Waals surface area contributed by atoms with Gasteiger partial charge in [-0.05, 0) is 46.1 Å². The van der Waals surface area contributed by atoms with Gasteiger partial charge in [0.2, 0.25) is 0 Å². The normalized spacial score (nSPS) is 15.6. The molecule has 0 aliphatic carbocycles. The van der Waals surface area contributed by atoms with Crippen molar-refractivity contribution in [2.24, 2.45) is 5.92 Å². The Bertz CT molecular complexity index is 791. The Morgan fingerprint density at radius 1 is 1.14 bits per heavy atom. The molecular formula is C20H28N2O7. The van der Waals surface area contributed by atoms with E-state index in [4.69, 9.17) is 14.2 Å². The molecule has 9 heteroatoms. The molecule has 1 aliphatic rings. The predicted molar refractivity (Wildman–Crippen MR) is 102 cm³/mol. The summed E-state index contributed by atoms with van der Waals surface area (Å²) in [6, 6.07) is 0. The van der Waals surface area contributed by atoms with E-state index in [2.05, 4.69) is 4.98 Å². The van der Waals surface area contributed by atoms with Crippen LogP contribution in [0.1, 0.15) is 58.8 Å². The highest BCUT2D eigenvalue weighted by atomic mass is 16.5. The number of H-pyrrole nitrogens is 1. The highest BCUT2D eigenvalue weighted by Gasteiger charge is 2.32. The van der Waals surface area contributed by atoms with E-state index in [1.807, 2.05) is 0 Å². The van der Waals surface area contributed by atoms with Crippen molar-refractivity contribution in [3.05, 3.63) is 22.5 Å². The van der Waals surface area contributed by atoms with Crippen molar-refractivity contribution >= 4 is 23.8 Å². The van der Waals surface area contributed by atoms with Crippen LogP contribution < -0.4 is 0 Å². The van der Waals surface area contributed by atoms with Crippen LogP contribution in [0.5, 0.6) is 0 Å². The van der Waals surface area contributed by atoms with Gasteiger partial charge in [-0.1, -0.05) is 0 Å². The molecule has 1 aromatic heterocycles. The van der Waals surface area contributed by atoms with Gasteiger partial charge in [-0.2, -0.15) is 0 Å². The Morgan fingerprint density at radius 2 is 1.76 bits per heavy atom. The zero-order valence-corrected chi connectivity index (χ0v) is 17.5. The highest BCUT2D eigenvalue weighted by Crippen LogP contribution is 2.22. The van der Waals surface area contributed by atoms with Crippen LogP contribution in [0, 0.1) is 19.8 Å². The number of nitrogens with one attached hydrogen (secondary N) is 1. The van der Waals surface area contributed by atoms with Crippen molar-refractivity contribution in [2.75, 3.05) is 26.8 Å². The third-order valence-electron chi connectivity index (χ3n) is 5.09. The Hall–Kier alpha value is -2.84. The first-order valence-corrected chi connectivity index (χ1v) is 9.65. The number of aryl methyl sites for hydroxylation is 1. The molecule has 0 bridgehead atoms. The van der Waals surface area contributed by atoms with Crippen LogP contribution in [0.15, 0.2) is 0 Å². The van der Waals surface area contributed by atoms with Gasteiger partial charge in [0, 0.05) is 18.8 Å². The maximum atomic E-state index is 12.6. The molecule has 0 radical (unpaired) electrons. The fourth-order valence-corrected chi connectivity index (χ4v) is 3.49. The van der Waals surface area contributed by atoms with E-state index in [1.165, 1.54) is 14.0 Å². The molecule has 0 spiro atoms. The van der Waals surface area contributed by atoms with Gasteiger partial charge < -0.3 is 24.1 Å². The predicted octanol–water partition coefficient (Wildman–Crippen LogP) is 1.77. The van der Waals surface area contributed by atoms with Crippen molar-refractivity contribution in [3.63, 3.8) is 0 Å². The van der Waals surface area contributed by atoms with E-state index in [-0.39, 0.29) is 29.1 Å². The minimum atomic E-state index is -0.994. The Kier molecular flexibility index (Phi) is 7.41. The molecule has 1 N–H and O–H groups in total. The second-order valence-electron chi connectivity index (χ2n) is 7.02. The lowest BCUT2D eigenvalue weighted by molar-refractivity contribution is -0.152. The van der Waals surface area contributed by atoms with E-state index in [0.717, 1.165) is 0 Å². The first-order valence-electron chi connectivity index (χ1n) is 9.65. The van der Waals surface area contributed by atoms with E-state index >= 15 is 0 Å². The molecule has 1 amide bonds. The lowest BCUT2D eigenvalue weighted by Gasteiger charge is -2.32. The van der Waals surface area contributed by atoms with Crippen molar-refractivity contribution in [1.29, 1.82) is 0 Å². The maximum Gasteiger partial charge on any atom is 0.355 e. The number of hydrogen-bond donors (Lipinski definition) is 1. The zero-order chi connectivity index (χ0) is 21.7. The van der Waals surface area contributed by atoms with Crippen LogP contribution in [-0.2, 0) is 23.8 Å². The lowest BCUT2D eigenvalue weighted by atomic mass is 9.97. The van der Waals surface area contributed by atoms with Gasteiger partial charge in [-0.15, -0.1) is 0 Å². The molecule has 0 saturated carbocycles. The average Bonchev–Trinajstić information content (AvgIpc) is 3.01. The molecule has 1 aliphatic heterocycles. The van der Waals surface area contributed by atoms with Crippen molar-refractivity contribution in [2.45, 2.75) is 46.6 Å². The number of nitrogens with zero attached hydrogens (tertiary/aromatic N) is 1. The van der Waals surface area contributed by atoms with Gasteiger partial charge in [-0.3, -0.25) is 9.59 Å². The number of carbonyl (C=O) groups is 4. The van der Waals surface area contributed by atoms with Crippen molar-refractivity contribution < 1.29 is 33.4 Å². The molecule has 2 rings (SSSR count). The number of likely N-dealkylation sites (tertiary alicyclic amines) is 1. The number of piperidine rings is 1. The summed E-state index contributed by atoms with van der Waals surface area (Å²) in [6.07, 6.45) is 0.0388. The Labute approximate surface area is 169 Å². The lowest BCUT2D eigenvalue weighted by Crippen LogP contribution is -2.45. The largest absolute Gasteiger partial charge is 0.466 e. The summed E-state index contributed by atoms with van der Waals surface area (Å²) < 4.78 is 15.1. The Balaban J connectivity index is 1.97. The van der Waals surface area contributed by atoms with Gasteiger partial charge in [-0.25, -0.2) is 9.59 Å². The van der Waals surface area contributed by atoms with Gasteiger partial charge in [0.1, 0.15) is 5.69 Å². The number of methoxy groups -OCH3 is 1. The molecule has 2 heterocycles. The average molecular weight is 408 g/mol. The minimum absolute atomic E-state index is 0.114. The van der Waals surface area contributed by atoms with E-state index in [0.29, 0.717) is 43.8 Å². The summed E-state index contributed by atoms with van der Waals surface area (Å²) in [5.74, 6) is -2.04. The number of aromatic nitrogens is 1. The summed E-state index contributed by atoms with van der Waals surface area (Å²) in [7, 11) is 1.26. The molecule has 0 aromatic carbocycles. The number of esters is 3. The molecule has 160 valence electrons. The SMILES string of the molecule is CCOC(=O)C1CCN(C(=O)C(C)OC(=O)c2[nH]c(C)c(C(=O)OC)c2C)CC1. The second kappa shape index (κ2) is 9.58. The van der Waals surface area contributed by atoms with Crippen LogP contribution in [0.4, 0.5) is 0 Å². The van der Waals surface area contributed by atoms with Gasteiger partial charge >= 0.3 is 17.9 Å². The molecular weight excluding hydrogens is 380 g/mol. The molecule has 1 saturated heterocycles. The van der Waals surface area contributed by atoms with Crippen LogP contribution >= 0.6 is 0 Å². The zero-order valence-electron chi connectivity index (χ0n) is 17.5. The van der Waals surface area contributed by atoms with Crippen LogP contribution in [0.2, 0.25) is 0 Å². The number of amides is 1. The standard InChI is InChI=1S/C20H28N2O7/c1-6-28-18(24)14-7-9-22(10-8-14)17(23)13(4)29-20(26)16-11(2)15(12(3)21-16)19(25)27-5/h13-14,21H,6-10H2,1-5H3. The maximum absolute atomic E-state index is 12.6. The fourth-order valence-electron chi connectivity index (χ4n) is 3.49. The second-order valence-corrected chi connectivity index (χ2v) is 7.02. The summed E-state index contributed by atoms with van der Waals surface area (Å²) >= 11 is 0. The monoisotopic (exact) mass is 408 g/mol.